The van der Waals surface area contributed by atoms with Gasteiger partial charge in [0, 0.05) is 11.6 Å². The van der Waals surface area contributed by atoms with Crippen LogP contribution in [0.15, 0.2) is 24.3 Å². The second-order valence-electron chi connectivity index (χ2n) is 5.44. The van der Waals surface area contributed by atoms with Crippen LogP contribution >= 0.6 is 11.6 Å². The molecule has 1 N–H and O–H groups in total. The quantitative estimate of drug-likeness (QED) is 0.619. The fraction of sp³-hybridized carbons (Fsp3) is 0.500. The highest BCUT2D eigenvalue weighted by molar-refractivity contribution is 6.61. The molecule has 1 amide bonds. The minimum atomic E-state index is -0.863. The summed E-state index contributed by atoms with van der Waals surface area (Å²) in [6, 6.07) is 8.10. The summed E-state index contributed by atoms with van der Waals surface area (Å²) in [5.41, 5.74) is 1.38. The van der Waals surface area contributed by atoms with Crippen molar-refractivity contribution in [3.05, 3.63) is 35.4 Å². The first kappa shape index (κ1) is 17.5. The van der Waals surface area contributed by atoms with E-state index in [1.54, 1.807) is 0 Å². The molecule has 1 rings (SSSR count). The third-order valence-electron chi connectivity index (χ3n) is 3.13. The SMILES string of the molecule is CC(C)Cc1ccc(C(C)C(=O)NCCOC(=O)Cl)cc1. The van der Waals surface area contributed by atoms with E-state index >= 15 is 0 Å². The molecule has 5 heteroatoms. The summed E-state index contributed by atoms with van der Waals surface area (Å²) >= 11 is 5.03. The van der Waals surface area contributed by atoms with Gasteiger partial charge in [0.05, 0.1) is 12.5 Å². The molecular formula is C16H22ClNO3. The molecule has 1 aromatic carbocycles. The van der Waals surface area contributed by atoms with Gasteiger partial charge >= 0.3 is 5.43 Å². The Labute approximate surface area is 130 Å². The summed E-state index contributed by atoms with van der Waals surface area (Å²) in [5.74, 6) is 0.267. The lowest BCUT2D eigenvalue weighted by Crippen LogP contribution is -2.31. The molecule has 0 aliphatic heterocycles. The van der Waals surface area contributed by atoms with Gasteiger partial charge in [0.15, 0.2) is 0 Å². The number of rotatable bonds is 7. The predicted octanol–water partition coefficient (Wildman–Crippen LogP) is 3.48. The largest absolute Gasteiger partial charge is 0.452 e. The van der Waals surface area contributed by atoms with E-state index in [0.717, 1.165) is 12.0 Å². The van der Waals surface area contributed by atoms with Crippen LogP contribution in [-0.2, 0) is 16.0 Å². The van der Waals surface area contributed by atoms with Crippen LogP contribution in [0.1, 0.15) is 37.8 Å². The Morgan fingerprint density at radius 3 is 2.33 bits per heavy atom. The maximum absolute atomic E-state index is 12.0. The van der Waals surface area contributed by atoms with Crippen LogP contribution in [0.25, 0.3) is 0 Å². The first-order valence-electron chi connectivity index (χ1n) is 7.09. The molecular weight excluding hydrogens is 290 g/mol. The predicted molar refractivity (Wildman–Crippen MR) is 83.6 cm³/mol. The highest BCUT2D eigenvalue weighted by Gasteiger charge is 2.14. The van der Waals surface area contributed by atoms with E-state index in [1.165, 1.54) is 5.56 Å². The Balaban J connectivity index is 2.48. The first-order valence-corrected chi connectivity index (χ1v) is 7.46. The molecule has 0 aromatic heterocycles. The third-order valence-corrected chi connectivity index (χ3v) is 3.24. The lowest BCUT2D eigenvalue weighted by molar-refractivity contribution is -0.122. The third kappa shape index (κ3) is 6.63. The summed E-state index contributed by atoms with van der Waals surface area (Å²) < 4.78 is 4.54. The lowest BCUT2D eigenvalue weighted by atomic mass is 9.96. The Bertz CT molecular complexity index is 471. The van der Waals surface area contributed by atoms with Gasteiger partial charge in [-0.05, 0) is 30.4 Å². The Hall–Kier alpha value is -1.55. The van der Waals surface area contributed by atoms with Gasteiger partial charge in [-0.15, -0.1) is 0 Å². The van der Waals surface area contributed by atoms with Crippen molar-refractivity contribution < 1.29 is 14.3 Å². The lowest BCUT2D eigenvalue weighted by Gasteiger charge is -2.13. The first-order chi connectivity index (χ1) is 9.90. The minimum absolute atomic E-state index is 0.0775. The van der Waals surface area contributed by atoms with Crippen LogP contribution in [0.4, 0.5) is 4.79 Å². The van der Waals surface area contributed by atoms with Crippen LogP contribution in [0.3, 0.4) is 0 Å². The van der Waals surface area contributed by atoms with Crippen molar-refractivity contribution in [3.63, 3.8) is 0 Å². The van der Waals surface area contributed by atoms with Crippen LogP contribution in [-0.4, -0.2) is 24.5 Å². The number of hydrogen-bond donors (Lipinski definition) is 1. The molecule has 0 saturated heterocycles. The molecule has 0 fully saturated rings. The van der Waals surface area contributed by atoms with Gasteiger partial charge in [-0.3, -0.25) is 4.79 Å². The van der Waals surface area contributed by atoms with Crippen molar-refractivity contribution in [3.8, 4) is 0 Å². The van der Waals surface area contributed by atoms with Gasteiger partial charge in [0.2, 0.25) is 5.91 Å². The monoisotopic (exact) mass is 311 g/mol. The molecule has 1 aromatic rings. The molecule has 0 heterocycles. The van der Waals surface area contributed by atoms with E-state index in [9.17, 15) is 9.59 Å². The van der Waals surface area contributed by atoms with Crippen LogP contribution in [0.2, 0.25) is 0 Å². The van der Waals surface area contributed by atoms with Crippen LogP contribution < -0.4 is 5.32 Å². The van der Waals surface area contributed by atoms with Crippen molar-refractivity contribution in [1.82, 2.24) is 5.32 Å². The average molecular weight is 312 g/mol. The molecule has 0 spiro atoms. The topological polar surface area (TPSA) is 55.4 Å². The standard InChI is InChI=1S/C16H22ClNO3/c1-11(2)10-13-4-6-14(7-5-13)12(3)15(19)18-8-9-21-16(17)20/h4-7,11-12H,8-10H2,1-3H3,(H,18,19). The van der Waals surface area contributed by atoms with Crippen molar-refractivity contribution in [1.29, 1.82) is 0 Å². The Morgan fingerprint density at radius 2 is 1.81 bits per heavy atom. The van der Waals surface area contributed by atoms with Crippen LogP contribution in [0, 0.1) is 5.92 Å². The zero-order valence-corrected chi connectivity index (χ0v) is 13.4. The highest BCUT2D eigenvalue weighted by Crippen LogP contribution is 2.17. The fourth-order valence-corrected chi connectivity index (χ4v) is 2.10. The van der Waals surface area contributed by atoms with Gasteiger partial charge in [-0.1, -0.05) is 38.1 Å². The van der Waals surface area contributed by atoms with Gasteiger partial charge in [0.1, 0.15) is 6.61 Å². The van der Waals surface area contributed by atoms with E-state index < -0.39 is 5.43 Å². The number of hydrogen-bond acceptors (Lipinski definition) is 3. The van der Waals surface area contributed by atoms with Gasteiger partial charge in [0.25, 0.3) is 0 Å². The van der Waals surface area contributed by atoms with E-state index in [0.29, 0.717) is 5.92 Å². The van der Waals surface area contributed by atoms with Gasteiger partial charge in [-0.25, -0.2) is 4.79 Å². The number of amides is 1. The van der Waals surface area contributed by atoms with E-state index in [4.69, 9.17) is 11.6 Å². The summed E-state index contributed by atoms with van der Waals surface area (Å²) in [4.78, 5) is 22.3. The summed E-state index contributed by atoms with van der Waals surface area (Å²) in [6.45, 7) is 6.54. The normalized spacial score (nSPS) is 12.0. The minimum Gasteiger partial charge on any atom is -0.452 e. The van der Waals surface area contributed by atoms with E-state index in [-0.39, 0.29) is 25.0 Å². The molecule has 21 heavy (non-hydrogen) atoms. The van der Waals surface area contributed by atoms with Crippen molar-refractivity contribution in [2.45, 2.75) is 33.1 Å². The summed E-state index contributed by atoms with van der Waals surface area (Å²) in [7, 11) is 0. The second kappa shape index (κ2) is 8.67. The number of ether oxygens (including phenoxy) is 1. The van der Waals surface area contributed by atoms with Crippen LogP contribution in [0.5, 0.6) is 0 Å². The molecule has 1 unspecified atom stereocenters. The molecule has 1 atom stereocenters. The number of nitrogens with one attached hydrogen (secondary N) is 1. The van der Waals surface area contributed by atoms with Crippen molar-refractivity contribution in [2.24, 2.45) is 5.92 Å². The number of carbonyl (C=O) groups excluding carboxylic acids is 2. The smallest absolute Gasteiger partial charge is 0.403 e. The average Bonchev–Trinajstić information content (AvgIpc) is 2.42. The molecule has 0 aliphatic carbocycles. The van der Waals surface area contributed by atoms with E-state index in [1.807, 2.05) is 19.1 Å². The summed E-state index contributed by atoms with van der Waals surface area (Å²) in [6.07, 6.45) is 1.03. The molecule has 116 valence electrons. The Morgan fingerprint density at radius 1 is 1.19 bits per heavy atom. The molecule has 0 aliphatic rings. The van der Waals surface area contributed by atoms with E-state index in [2.05, 4.69) is 36.0 Å². The molecule has 0 radical (unpaired) electrons. The molecule has 0 saturated carbocycles. The maximum Gasteiger partial charge on any atom is 0.403 e. The van der Waals surface area contributed by atoms with Crippen molar-refractivity contribution in [2.75, 3.05) is 13.2 Å². The van der Waals surface area contributed by atoms with Gasteiger partial charge < -0.3 is 10.1 Å². The second-order valence-corrected chi connectivity index (χ2v) is 5.75. The number of halogens is 1. The maximum atomic E-state index is 12.0. The number of benzene rings is 1. The van der Waals surface area contributed by atoms with Gasteiger partial charge in [-0.2, -0.15) is 0 Å². The highest BCUT2D eigenvalue weighted by atomic mass is 35.5. The molecule has 0 bridgehead atoms. The zero-order valence-electron chi connectivity index (χ0n) is 12.7. The Kier molecular flexibility index (Phi) is 7.23. The molecule has 4 nitrogen and oxygen atoms in total. The zero-order chi connectivity index (χ0) is 15.8. The van der Waals surface area contributed by atoms with Crippen molar-refractivity contribution >= 4 is 22.9 Å². The fourth-order valence-electron chi connectivity index (χ4n) is 2.02. The summed E-state index contributed by atoms with van der Waals surface area (Å²) in [5, 5.41) is 2.71. The number of carbonyl (C=O) groups is 2.